The Labute approximate surface area is 175 Å². The van der Waals surface area contributed by atoms with Crippen molar-refractivity contribution in [2.24, 2.45) is 5.92 Å². The van der Waals surface area contributed by atoms with Crippen LogP contribution in [0.25, 0.3) is 10.8 Å². The number of carbonyl (C=O) groups is 3. The first-order valence-electron chi connectivity index (χ1n) is 10.2. The Morgan fingerprint density at radius 3 is 2.57 bits per heavy atom. The van der Waals surface area contributed by atoms with Crippen molar-refractivity contribution in [1.29, 1.82) is 0 Å². The zero-order valence-corrected chi connectivity index (χ0v) is 17.5. The summed E-state index contributed by atoms with van der Waals surface area (Å²) in [4.78, 5) is 47.3. The molecule has 2 aromatic rings. The highest BCUT2D eigenvalue weighted by atomic mass is 16.3. The molecule has 3 heterocycles. The Balaban J connectivity index is 1.57. The zero-order chi connectivity index (χ0) is 21.6. The molecular formula is C22H26N4O4. The summed E-state index contributed by atoms with van der Waals surface area (Å²) in [5.41, 5.74) is -0.654. The highest BCUT2D eigenvalue weighted by Gasteiger charge is 2.57. The molecule has 30 heavy (non-hydrogen) atoms. The Morgan fingerprint density at radius 2 is 1.90 bits per heavy atom. The molecule has 1 aromatic carbocycles. The van der Waals surface area contributed by atoms with Crippen LogP contribution in [0.15, 0.2) is 30.6 Å². The number of aromatic nitrogens is 1. The minimum atomic E-state index is -0.885. The second-order valence-corrected chi connectivity index (χ2v) is 8.53. The number of amides is 4. The summed E-state index contributed by atoms with van der Waals surface area (Å²) in [6.45, 7) is 5.21. The van der Waals surface area contributed by atoms with Crippen LogP contribution in [-0.2, 0) is 4.79 Å². The normalized spacial score (nSPS) is 18.9. The van der Waals surface area contributed by atoms with E-state index >= 15 is 0 Å². The predicted octanol–water partition coefficient (Wildman–Crippen LogP) is 2.47. The summed E-state index contributed by atoms with van der Waals surface area (Å²) in [5, 5.41) is 12.0. The van der Waals surface area contributed by atoms with Crippen molar-refractivity contribution in [3.63, 3.8) is 0 Å². The molecule has 8 nitrogen and oxygen atoms in total. The number of likely N-dealkylation sites (N-methyl/N-ethyl adjacent to an activating group) is 1. The Kier molecular flexibility index (Phi) is 4.88. The first-order valence-corrected chi connectivity index (χ1v) is 10.2. The van der Waals surface area contributed by atoms with E-state index in [-0.39, 0.29) is 35.1 Å². The third-order valence-corrected chi connectivity index (χ3v) is 6.18. The van der Waals surface area contributed by atoms with Gasteiger partial charge in [-0.25, -0.2) is 4.79 Å². The first-order chi connectivity index (χ1) is 14.3. The molecule has 2 fully saturated rings. The molecule has 0 aliphatic carbocycles. The third-order valence-electron chi connectivity index (χ3n) is 6.18. The van der Waals surface area contributed by atoms with Gasteiger partial charge in [-0.3, -0.25) is 19.5 Å². The van der Waals surface area contributed by atoms with Crippen LogP contribution in [0.2, 0.25) is 0 Å². The Hall–Kier alpha value is -3.16. The average Bonchev–Trinajstić information content (AvgIpc) is 2.90. The highest BCUT2D eigenvalue weighted by molar-refractivity contribution is 6.07. The summed E-state index contributed by atoms with van der Waals surface area (Å²) >= 11 is 0. The number of hydrogen-bond donors (Lipinski definition) is 1. The molecule has 0 saturated carbocycles. The van der Waals surface area contributed by atoms with Crippen molar-refractivity contribution in [2.45, 2.75) is 32.2 Å². The molecule has 0 atom stereocenters. The van der Waals surface area contributed by atoms with Gasteiger partial charge in [0.05, 0.1) is 5.56 Å². The van der Waals surface area contributed by atoms with Crippen molar-refractivity contribution in [2.75, 3.05) is 26.7 Å². The van der Waals surface area contributed by atoms with Crippen LogP contribution in [0, 0.1) is 5.92 Å². The number of benzene rings is 1. The van der Waals surface area contributed by atoms with E-state index in [2.05, 4.69) is 4.98 Å². The van der Waals surface area contributed by atoms with Gasteiger partial charge in [0.15, 0.2) is 0 Å². The van der Waals surface area contributed by atoms with E-state index < -0.39 is 5.54 Å². The van der Waals surface area contributed by atoms with Gasteiger partial charge in [0.2, 0.25) is 0 Å². The molecule has 4 amide bonds. The summed E-state index contributed by atoms with van der Waals surface area (Å²) in [5.74, 6) is -0.301. The van der Waals surface area contributed by atoms with E-state index in [4.69, 9.17) is 0 Å². The Morgan fingerprint density at radius 1 is 1.20 bits per heavy atom. The van der Waals surface area contributed by atoms with E-state index in [9.17, 15) is 19.5 Å². The maximum absolute atomic E-state index is 13.1. The quantitative estimate of drug-likeness (QED) is 0.785. The first kappa shape index (κ1) is 20.1. The van der Waals surface area contributed by atoms with Gasteiger partial charge in [0.25, 0.3) is 11.8 Å². The third kappa shape index (κ3) is 2.98. The fourth-order valence-electron chi connectivity index (χ4n) is 4.56. The number of urea groups is 1. The highest BCUT2D eigenvalue weighted by Crippen LogP contribution is 2.38. The lowest BCUT2D eigenvalue weighted by Crippen LogP contribution is -2.58. The molecule has 0 unspecified atom stereocenters. The molecule has 0 bridgehead atoms. The monoisotopic (exact) mass is 410 g/mol. The van der Waals surface area contributed by atoms with Crippen LogP contribution in [0.5, 0.6) is 5.75 Å². The topological polar surface area (TPSA) is 94.1 Å². The lowest BCUT2D eigenvalue weighted by atomic mass is 9.85. The number of imide groups is 1. The number of pyridine rings is 1. The smallest absolute Gasteiger partial charge is 0.327 e. The van der Waals surface area contributed by atoms with E-state index in [1.54, 1.807) is 40.4 Å². The number of nitrogens with zero attached hydrogens (tertiary/aromatic N) is 4. The van der Waals surface area contributed by atoms with E-state index in [0.29, 0.717) is 37.9 Å². The van der Waals surface area contributed by atoms with Crippen molar-refractivity contribution >= 4 is 28.6 Å². The van der Waals surface area contributed by atoms with Crippen molar-refractivity contribution in [1.82, 2.24) is 19.7 Å². The molecule has 2 aliphatic heterocycles. The van der Waals surface area contributed by atoms with Crippen LogP contribution in [0.4, 0.5) is 4.79 Å². The summed E-state index contributed by atoms with van der Waals surface area (Å²) in [6.07, 6.45) is 3.98. The largest absolute Gasteiger partial charge is 0.506 e. The molecule has 1 spiro atoms. The molecule has 4 rings (SSSR count). The SMILES string of the molecule is CC(C)CN1C(=O)N(C)C(=O)C12CCN(C(=O)c1ccc3cnccc3c1O)CC2. The lowest BCUT2D eigenvalue weighted by molar-refractivity contribution is -0.134. The Bertz CT molecular complexity index is 1030. The van der Waals surface area contributed by atoms with Gasteiger partial charge in [-0.05, 0) is 30.9 Å². The van der Waals surface area contributed by atoms with Crippen LogP contribution < -0.4 is 0 Å². The van der Waals surface area contributed by atoms with E-state index in [1.165, 1.54) is 11.9 Å². The zero-order valence-electron chi connectivity index (χ0n) is 17.5. The number of piperidine rings is 1. The number of aromatic hydroxyl groups is 1. The predicted molar refractivity (Wildman–Crippen MR) is 111 cm³/mol. The maximum Gasteiger partial charge on any atom is 0.327 e. The molecule has 2 saturated heterocycles. The van der Waals surface area contributed by atoms with Crippen LogP contribution in [0.3, 0.4) is 0 Å². The molecule has 1 N–H and O–H groups in total. The van der Waals surface area contributed by atoms with Crippen molar-refractivity contribution in [3.8, 4) is 5.75 Å². The standard InChI is InChI=1S/C22H26N4O4/c1-14(2)13-26-21(30)24(3)20(29)22(26)7-10-25(11-8-22)19(28)17-5-4-15-12-23-9-6-16(15)18(17)27/h4-6,9,12,14,27H,7-8,10-11,13H2,1-3H3. The van der Waals surface area contributed by atoms with Crippen molar-refractivity contribution < 1.29 is 19.5 Å². The minimum absolute atomic E-state index is 0.0616. The van der Waals surface area contributed by atoms with Gasteiger partial charge < -0.3 is 14.9 Å². The summed E-state index contributed by atoms with van der Waals surface area (Å²) in [6, 6.07) is 4.78. The van der Waals surface area contributed by atoms with Crippen LogP contribution >= 0.6 is 0 Å². The van der Waals surface area contributed by atoms with Gasteiger partial charge in [0.1, 0.15) is 11.3 Å². The van der Waals surface area contributed by atoms with Crippen LogP contribution in [-0.4, -0.2) is 74.9 Å². The van der Waals surface area contributed by atoms with Gasteiger partial charge in [-0.15, -0.1) is 0 Å². The maximum atomic E-state index is 13.1. The molecule has 8 heteroatoms. The van der Waals surface area contributed by atoms with Gasteiger partial charge in [0, 0.05) is 49.8 Å². The fraction of sp³-hybridized carbons (Fsp3) is 0.455. The van der Waals surface area contributed by atoms with Gasteiger partial charge in [-0.2, -0.15) is 0 Å². The molecule has 158 valence electrons. The molecule has 2 aliphatic rings. The number of carbonyl (C=O) groups excluding carboxylic acids is 3. The van der Waals surface area contributed by atoms with Crippen LogP contribution in [0.1, 0.15) is 37.0 Å². The van der Waals surface area contributed by atoms with E-state index in [1.807, 2.05) is 13.8 Å². The minimum Gasteiger partial charge on any atom is -0.506 e. The number of phenolic OH excluding ortho intramolecular Hbond substituents is 1. The molecular weight excluding hydrogens is 384 g/mol. The number of fused-ring (bicyclic) bond motifs is 1. The summed E-state index contributed by atoms with van der Waals surface area (Å²) < 4.78 is 0. The van der Waals surface area contributed by atoms with Gasteiger partial charge in [-0.1, -0.05) is 19.9 Å². The number of likely N-dealkylation sites (tertiary alicyclic amines) is 1. The lowest BCUT2D eigenvalue weighted by Gasteiger charge is -2.42. The van der Waals surface area contributed by atoms with E-state index in [0.717, 1.165) is 5.39 Å². The van der Waals surface area contributed by atoms with Gasteiger partial charge >= 0.3 is 6.03 Å². The second kappa shape index (κ2) is 7.27. The molecule has 0 radical (unpaired) electrons. The molecule has 1 aromatic heterocycles. The average molecular weight is 410 g/mol. The second-order valence-electron chi connectivity index (χ2n) is 8.53. The number of hydrogen-bond acceptors (Lipinski definition) is 5. The fourth-order valence-corrected chi connectivity index (χ4v) is 4.56. The number of rotatable bonds is 3. The van der Waals surface area contributed by atoms with Crippen molar-refractivity contribution in [3.05, 3.63) is 36.2 Å². The summed E-state index contributed by atoms with van der Waals surface area (Å²) in [7, 11) is 1.52. The number of phenols is 1.